The summed E-state index contributed by atoms with van der Waals surface area (Å²) in [5.41, 5.74) is 8.16. The Morgan fingerprint density at radius 1 is 0.787 bits per heavy atom. The van der Waals surface area contributed by atoms with Crippen LogP contribution in [0, 0.1) is 6.92 Å². The smallest absolute Gasteiger partial charge is 0.258 e. The summed E-state index contributed by atoms with van der Waals surface area (Å²) in [4.78, 5) is 30.9. The van der Waals surface area contributed by atoms with Crippen molar-refractivity contribution in [2.75, 3.05) is 6.54 Å². The van der Waals surface area contributed by atoms with Gasteiger partial charge in [0.25, 0.3) is 11.5 Å². The van der Waals surface area contributed by atoms with Gasteiger partial charge < -0.3 is 20.0 Å². The zero-order valence-electron chi connectivity index (χ0n) is 26.3. The van der Waals surface area contributed by atoms with Crippen molar-refractivity contribution in [1.29, 1.82) is 0 Å². The number of para-hydroxylation sites is 2. The molecular weight excluding hydrogens is 582 g/mol. The molecule has 3 N–H and O–H groups in total. The van der Waals surface area contributed by atoms with E-state index in [9.17, 15) is 14.7 Å². The van der Waals surface area contributed by atoms with Crippen molar-refractivity contribution in [3.05, 3.63) is 171 Å². The van der Waals surface area contributed by atoms with Crippen LogP contribution in [0.15, 0.2) is 132 Å². The molecule has 0 saturated heterocycles. The molecule has 6 heteroatoms. The summed E-state index contributed by atoms with van der Waals surface area (Å²) in [5.74, 6) is -0.754. The number of benzene rings is 5. The number of aryl methyl sites for hydroxylation is 2. The first-order valence-electron chi connectivity index (χ1n) is 15.8. The molecule has 5 aromatic carbocycles. The van der Waals surface area contributed by atoms with Gasteiger partial charge in [-0.25, -0.2) is 0 Å². The number of fused-ring (bicyclic) bond motifs is 2. The standard InChI is InChI=1S/C41H35N3O3/c1-26-16-18-29(19-17-26)36(37-39(45)33-13-7-9-15-35(33)44(2)41(37)47)38-32(31-12-6-8-14-34(31)43-38)24-25-42-40(46)30-22-20-28(21-23-30)27-10-4-3-5-11-27/h3-23,36,43,45H,24-25H2,1-2H3,(H,42,46). The quantitative estimate of drug-likeness (QED) is 0.162. The number of nitrogens with zero attached hydrogens (tertiary/aromatic N) is 1. The van der Waals surface area contributed by atoms with Crippen LogP contribution < -0.4 is 10.9 Å². The number of carbonyl (C=O) groups excluding carboxylic acids is 1. The van der Waals surface area contributed by atoms with Crippen molar-refractivity contribution < 1.29 is 9.90 Å². The van der Waals surface area contributed by atoms with Crippen molar-refractivity contribution in [2.24, 2.45) is 7.05 Å². The number of amides is 1. The van der Waals surface area contributed by atoms with Crippen molar-refractivity contribution in [2.45, 2.75) is 19.3 Å². The van der Waals surface area contributed by atoms with Crippen LogP contribution in [0.5, 0.6) is 5.75 Å². The molecule has 0 radical (unpaired) electrons. The monoisotopic (exact) mass is 617 g/mol. The molecule has 7 aromatic rings. The Morgan fingerprint density at radius 2 is 1.43 bits per heavy atom. The summed E-state index contributed by atoms with van der Waals surface area (Å²) in [6, 6.07) is 41.2. The van der Waals surface area contributed by atoms with Crippen molar-refractivity contribution in [3.63, 3.8) is 0 Å². The summed E-state index contributed by atoms with van der Waals surface area (Å²) in [6.07, 6.45) is 0.518. The van der Waals surface area contributed by atoms with Gasteiger partial charge in [-0.2, -0.15) is 0 Å². The normalized spacial score (nSPS) is 12.0. The fraction of sp³-hybridized carbons (Fsp3) is 0.122. The highest BCUT2D eigenvalue weighted by molar-refractivity contribution is 5.95. The molecule has 0 aliphatic heterocycles. The van der Waals surface area contributed by atoms with E-state index in [0.717, 1.165) is 44.4 Å². The first-order chi connectivity index (χ1) is 22.9. The van der Waals surface area contributed by atoms with Crippen LogP contribution >= 0.6 is 0 Å². The number of rotatable bonds is 8. The molecule has 1 atom stereocenters. The minimum atomic E-state index is -0.581. The maximum absolute atomic E-state index is 14.1. The highest BCUT2D eigenvalue weighted by atomic mass is 16.3. The number of aromatic amines is 1. The Hall–Kier alpha value is -5.88. The Morgan fingerprint density at radius 3 is 2.17 bits per heavy atom. The predicted octanol–water partition coefficient (Wildman–Crippen LogP) is 7.85. The third-order valence-electron chi connectivity index (χ3n) is 9.06. The molecule has 0 aliphatic rings. The molecule has 2 aromatic heterocycles. The molecule has 0 bridgehead atoms. The number of carbonyl (C=O) groups is 1. The topological polar surface area (TPSA) is 87.1 Å². The van der Waals surface area contributed by atoms with Gasteiger partial charge >= 0.3 is 0 Å². The summed E-state index contributed by atoms with van der Waals surface area (Å²) in [6.45, 7) is 2.41. The summed E-state index contributed by atoms with van der Waals surface area (Å²) in [7, 11) is 1.74. The van der Waals surface area contributed by atoms with Gasteiger partial charge in [0.05, 0.1) is 17.0 Å². The summed E-state index contributed by atoms with van der Waals surface area (Å²) >= 11 is 0. The fourth-order valence-corrected chi connectivity index (χ4v) is 6.58. The van der Waals surface area contributed by atoms with E-state index in [-0.39, 0.29) is 17.2 Å². The molecule has 0 fully saturated rings. The number of H-pyrrole nitrogens is 1. The van der Waals surface area contributed by atoms with E-state index >= 15 is 0 Å². The van der Waals surface area contributed by atoms with Crippen molar-refractivity contribution in [1.82, 2.24) is 14.9 Å². The molecule has 47 heavy (non-hydrogen) atoms. The van der Waals surface area contributed by atoms with Crippen molar-refractivity contribution in [3.8, 4) is 16.9 Å². The van der Waals surface area contributed by atoms with Crippen LogP contribution in [-0.4, -0.2) is 27.1 Å². The highest BCUT2D eigenvalue weighted by Crippen LogP contribution is 2.41. The molecular formula is C41H35N3O3. The SMILES string of the molecule is Cc1ccc(C(c2[nH]c3ccccc3c2CCNC(=O)c2ccc(-c3ccccc3)cc2)c2c(O)c3ccccc3n(C)c2=O)cc1. The number of aromatic hydroxyl groups is 1. The molecule has 2 heterocycles. The molecule has 0 spiro atoms. The fourth-order valence-electron chi connectivity index (χ4n) is 6.58. The summed E-state index contributed by atoms with van der Waals surface area (Å²) < 4.78 is 1.61. The molecule has 0 aliphatic carbocycles. The van der Waals surface area contributed by atoms with E-state index in [0.29, 0.717) is 35.0 Å². The van der Waals surface area contributed by atoms with Gasteiger partial charge in [0.2, 0.25) is 0 Å². The van der Waals surface area contributed by atoms with Crippen molar-refractivity contribution >= 4 is 27.7 Å². The maximum atomic E-state index is 14.1. The van der Waals surface area contributed by atoms with E-state index in [1.54, 1.807) is 11.6 Å². The number of aromatic nitrogens is 2. The lowest BCUT2D eigenvalue weighted by Crippen LogP contribution is -2.27. The van der Waals surface area contributed by atoms with Crippen LogP contribution in [0.25, 0.3) is 32.9 Å². The molecule has 7 rings (SSSR count). The van der Waals surface area contributed by atoms with Crippen LogP contribution in [-0.2, 0) is 13.5 Å². The van der Waals surface area contributed by atoms with E-state index in [4.69, 9.17) is 0 Å². The number of hydrogen-bond donors (Lipinski definition) is 3. The lowest BCUT2D eigenvalue weighted by atomic mass is 9.85. The molecule has 0 saturated carbocycles. The average Bonchev–Trinajstić information content (AvgIpc) is 3.48. The van der Waals surface area contributed by atoms with Gasteiger partial charge in [-0.3, -0.25) is 9.59 Å². The zero-order chi connectivity index (χ0) is 32.5. The van der Waals surface area contributed by atoms with Crippen LogP contribution in [0.4, 0.5) is 0 Å². The maximum Gasteiger partial charge on any atom is 0.258 e. The second kappa shape index (κ2) is 12.5. The van der Waals surface area contributed by atoms with Gasteiger partial charge in [0.15, 0.2) is 0 Å². The van der Waals surface area contributed by atoms with Gasteiger partial charge in [0.1, 0.15) is 5.75 Å². The number of nitrogens with one attached hydrogen (secondary N) is 2. The lowest BCUT2D eigenvalue weighted by molar-refractivity contribution is 0.0954. The zero-order valence-corrected chi connectivity index (χ0v) is 26.3. The first kappa shape index (κ1) is 29.8. The lowest BCUT2D eigenvalue weighted by Gasteiger charge is -2.22. The van der Waals surface area contributed by atoms with Gasteiger partial charge in [-0.1, -0.05) is 103 Å². The Bertz CT molecular complexity index is 2280. The average molecular weight is 618 g/mol. The Balaban J connectivity index is 1.27. The highest BCUT2D eigenvalue weighted by Gasteiger charge is 2.30. The molecule has 232 valence electrons. The minimum Gasteiger partial charge on any atom is -0.507 e. The van der Waals surface area contributed by atoms with Crippen LogP contribution in [0.2, 0.25) is 0 Å². The second-order valence-electron chi connectivity index (χ2n) is 12.0. The predicted molar refractivity (Wildman–Crippen MR) is 189 cm³/mol. The first-order valence-corrected chi connectivity index (χ1v) is 15.8. The van der Waals surface area contributed by atoms with Crippen LogP contribution in [0.3, 0.4) is 0 Å². The Labute approximate surface area is 273 Å². The third kappa shape index (κ3) is 5.59. The third-order valence-corrected chi connectivity index (χ3v) is 9.06. The number of pyridine rings is 1. The minimum absolute atomic E-state index is 0.0221. The van der Waals surface area contributed by atoms with Gasteiger partial charge in [0, 0.05) is 41.1 Å². The molecule has 6 nitrogen and oxygen atoms in total. The Kier molecular flexibility index (Phi) is 7.92. The van der Waals surface area contributed by atoms with Crippen LogP contribution in [0.1, 0.15) is 44.2 Å². The van der Waals surface area contributed by atoms with E-state index < -0.39 is 5.92 Å². The molecule has 1 amide bonds. The van der Waals surface area contributed by atoms with Gasteiger partial charge in [-0.05, 0) is 65.9 Å². The largest absolute Gasteiger partial charge is 0.507 e. The van der Waals surface area contributed by atoms with E-state index in [2.05, 4.69) is 16.4 Å². The van der Waals surface area contributed by atoms with Gasteiger partial charge in [-0.15, -0.1) is 0 Å². The second-order valence-corrected chi connectivity index (χ2v) is 12.0. The summed E-state index contributed by atoms with van der Waals surface area (Å²) in [5, 5.41) is 16.5. The van der Waals surface area contributed by atoms with E-state index in [1.807, 2.05) is 128 Å². The number of hydrogen-bond acceptors (Lipinski definition) is 3. The van der Waals surface area contributed by atoms with E-state index in [1.165, 1.54) is 0 Å². The molecule has 1 unspecified atom stereocenters.